The van der Waals surface area contributed by atoms with Crippen LogP contribution in [0, 0.1) is 19.1 Å². The molecule has 0 aliphatic carbocycles. The first-order valence-corrected chi connectivity index (χ1v) is 25.0. The Bertz CT molecular complexity index is 2980. The monoisotopic (exact) mass is 1010 g/mol. The van der Waals surface area contributed by atoms with Gasteiger partial charge in [-0.05, 0) is 87.1 Å². The summed E-state index contributed by atoms with van der Waals surface area (Å²) in [5, 5.41) is 3.59. The Morgan fingerprint density at radius 2 is 1.39 bits per heavy atom. The maximum absolute atomic E-state index is 6.55. The van der Waals surface area contributed by atoms with E-state index in [1.807, 2.05) is 42.6 Å². The SMILES string of the molecule is CC(C)c1cc(-c2ccccc2)cc(C(C)C)c1-n1c(-c2[c-]ccc3c2oc2ccccc23)nc2c(C(C)(C)C)ccnc21.Cc1cc(-c2[c-]cccc2)ncc1[Si](C)(C)C.[Ir]. The normalized spacial score (nSPS) is 12.0. The summed E-state index contributed by atoms with van der Waals surface area (Å²) in [6.07, 6.45) is 3.98. The molecule has 5 nitrogen and oxygen atoms in total. The number of aryl methyl sites for hydroxylation is 1. The molecule has 0 fully saturated rings. The van der Waals surface area contributed by atoms with E-state index in [-0.39, 0.29) is 37.4 Å². The van der Waals surface area contributed by atoms with Crippen molar-refractivity contribution < 1.29 is 24.5 Å². The van der Waals surface area contributed by atoms with E-state index in [4.69, 9.17) is 14.4 Å². The molecule has 0 saturated heterocycles. The zero-order chi connectivity index (χ0) is 43.2. The molecule has 0 unspecified atom stereocenters. The van der Waals surface area contributed by atoms with Crippen LogP contribution < -0.4 is 5.19 Å². The van der Waals surface area contributed by atoms with Crippen molar-refractivity contribution in [2.75, 3.05) is 0 Å². The van der Waals surface area contributed by atoms with Crippen LogP contribution >= 0.6 is 0 Å². The van der Waals surface area contributed by atoms with Gasteiger partial charge in [-0.2, -0.15) is 0 Å². The third-order valence-corrected chi connectivity index (χ3v) is 13.7. The van der Waals surface area contributed by atoms with E-state index in [0.29, 0.717) is 0 Å². The van der Waals surface area contributed by atoms with Gasteiger partial charge in [0.1, 0.15) is 11.1 Å². The fraction of sp³-hybridized carbons (Fsp3) is 0.255. The number of imidazole rings is 1. The molecular formula is C55H56IrN4OSi-2. The number of fused-ring (bicyclic) bond motifs is 4. The summed E-state index contributed by atoms with van der Waals surface area (Å²) in [6.45, 7) is 25.0. The van der Waals surface area contributed by atoms with Crippen LogP contribution in [0.4, 0.5) is 0 Å². The van der Waals surface area contributed by atoms with E-state index in [1.54, 1.807) is 0 Å². The molecule has 0 atom stereocenters. The molecule has 0 aliphatic rings. The fourth-order valence-electron chi connectivity index (χ4n) is 8.47. The molecule has 317 valence electrons. The molecule has 4 aromatic heterocycles. The molecule has 7 heteroatoms. The van der Waals surface area contributed by atoms with Gasteiger partial charge >= 0.3 is 0 Å². The molecule has 0 bridgehead atoms. The molecule has 9 aromatic rings. The number of para-hydroxylation sites is 1. The number of hydrogen-bond donors (Lipinski definition) is 0. The van der Waals surface area contributed by atoms with Crippen molar-refractivity contribution in [3.05, 3.63) is 162 Å². The number of aromatic nitrogens is 4. The predicted molar refractivity (Wildman–Crippen MR) is 259 cm³/mol. The Kier molecular flexibility index (Phi) is 12.7. The largest absolute Gasteiger partial charge is 0.501 e. The molecule has 4 heterocycles. The molecule has 0 aliphatic heterocycles. The topological polar surface area (TPSA) is 56.7 Å². The summed E-state index contributed by atoms with van der Waals surface area (Å²) in [6, 6.07) is 46.7. The number of rotatable bonds is 7. The first-order valence-electron chi connectivity index (χ1n) is 21.5. The van der Waals surface area contributed by atoms with Crippen LogP contribution in [0.2, 0.25) is 19.6 Å². The molecule has 0 amide bonds. The van der Waals surface area contributed by atoms with Gasteiger partial charge in [0.15, 0.2) is 5.65 Å². The second kappa shape index (κ2) is 17.7. The molecular weight excluding hydrogens is 953 g/mol. The quantitative estimate of drug-likeness (QED) is 0.118. The minimum atomic E-state index is -1.27. The summed E-state index contributed by atoms with van der Waals surface area (Å²) >= 11 is 0. The van der Waals surface area contributed by atoms with Crippen LogP contribution in [0.5, 0.6) is 0 Å². The van der Waals surface area contributed by atoms with Gasteiger partial charge in [0, 0.05) is 43.6 Å². The van der Waals surface area contributed by atoms with Gasteiger partial charge in [-0.1, -0.05) is 139 Å². The van der Waals surface area contributed by atoms with E-state index in [0.717, 1.165) is 67.0 Å². The van der Waals surface area contributed by atoms with E-state index in [2.05, 4.69) is 182 Å². The van der Waals surface area contributed by atoms with Crippen LogP contribution in [-0.2, 0) is 25.5 Å². The number of furan rings is 1. The Labute approximate surface area is 382 Å². The molecule has 5 aromatic carbocycles. The molecule has 9 rings (SSSR count). The third-order valence-electron chi connectivity index (χ3n) is 11.6. The zero-order valence-electron chi connectivity index (χ0n) is 37.8. The maximum atomic E-state index is 6.55. The van der Waals surface area contributed by atoms with Crippen molar-refractivity contribution in [1.82, 2.24) is 19.5 Å². The van der Waals surface area contributed by atoms with Crippen LogP contribution in [-0.4, -0.2) is 27.6 Å². The van der Waals surface area contributed by atoms with Crippen molar-refractivity contribution in [1.29, 1.82) is 0 Å². The molecule has 0 N–H and O–H groups in total. The molecule has 0 spiro atoms. The standard InChI is InChI=1S/C40H38N3O.C15H18NSi.Ir/c1-24(2)31-22-27(26-14-9-8-10-15-26)23-32(25(3)4)36(31)43-38(42-35-33(40(5,6)7)20-21-41-39(35)43)30-18-13-17-29-28-16-11-12-19-34(28)44-37(29)30;1-12-10-14(13-8-6-5-7-9-13)16-11-15(12)17(2,3)4;/h8-17,19-25H,1-7H3;5-8,10-11H,1-4H3;/q2*-1;. The average Bonchev–Trinajstić information content (AvgIpc) is 3.82. The van der Waals surface area contributed by atoms with Gasteiger partial charge < -0.3 is 14.0 Å². The molecule has 1 radical (unpaired) electrons. The zero-order valence-corrected chi connectivity index (χ0v) is 41.2. The third kappa shape index (κ3) is 8.64. The van der Waals surface area contributed by atoms with Gasteiger partial charge in [-0.25, -0.2) is 4.98 Å². The minimum Gasteiger partial charge on any atom is -0.501 e. The predicted octanol–water partition coefficient (Wildman–Crippen LogP) is 14.4. The first kappa shape index (κ1) is 44.6. The summed E-state index contributed by atoms with van der Waals surface area (Å²) in [5.41, 5.74) is 14.8. The second-order valence-corrected chi connectivity index (χ2v) is 23.9. The van der Waals surface area contributed by atoms with Crippen molar-refractivity contribution in [2.45, 2.75) is 92.3 Å². The van der Waals surface area contributed by atoms with Gasteiger partial charge in [0.2, 0.25) is 0 Å². The Morgan fingerprint density at radius 3 is 2.02 bits per heavy atom. The first-order chi connectivity index (χ1) is 29.1. The summed E-state index contributed by atoms with van der Waals surface area (Å²) < 4.78 is 8.84. The number of benzene rings is 5. The van der Waals surface area contributed by atoms with Crippen LogP contribution in [0.3, 0.4) is 0 Å². The minimum absolute atomic E-state index is 0. The summed E-state index contributed by atoms with van der Waals surface area (Å²) in [7, 11) is -1.27. The number of pyridine rings is 2. The number of nitrogens with zero attached hydrogens (tertiary/aromatic N) is 4. The van der Waals surface area contributed by atoms with Gasteiger partial charge in [-0.3, -0.25) is 4.98 Å². The Balaban J connectivity index is 0.000000270. The Morgan fingerprint density at radius 1 is 0.710 bits per heavy atom. The van der Waals surface area contributed by atoms with Crippen LogP contribution in [0.25, 0.3) is 72.6 Å². The van der Waals surface area contributed by atoms with E-state index in [9.17, 15) is 0 Å². The van der Waals surface area contributed by atoms with Crippen LogP contribution in [0.1, 0.15) is 82.6 Å². The number of hydrogen-bond acceptors (Lipinski definition) is 4. The molecule has 0 saturated carbocycles. The van der Waals surface area contributed by atoms with Crippen molar-refractivity contribution in [3.63, 3.8) is 0 Å². The van der Waals surface area contributed by atoms with Crippen LogP contribution in [0.15, 0.2) is 132 Å². The smallest absolute Gasteiger partial charge is 0.155 e. The van der Waals surface area contributed by atoms with Gasteiger partial charge in [-0.15, -0.1) is 54.1 Å². The van der Waals surface area contributed by atoms with E-state index < -0.39 is 8.07 Å². The van der Waals surface area contributed by atoms with Crippen molar-refractivity contribution >= 4 is 46.4 Å². The van der Waals surface area contributed by atoms with E-state index >= 15 is 0 Å². The maximum Gasteiger partial charge on any atom is 0.155 e. The summed E-state index contributed by atoms with van der Waals surface area (Å²) in [4.78, 5) is 15.1. The van der Waals surface area contributed by atoms with Gasteiger partial charge in [0.25, 0.3) is 0 Å². The second-order valence-electron chi connectivity index (χ2n) is 18.8. The van der Waals surface area contributed by atoms with E-state index in [1.165, 1.54) is 33.0 Å². The van der Waals surface area contributed by atoms with Gasteiger partial charge in [0.05, 0.1) is 19.5 Å². The fourth-order valence-corrected chi connectivity index (χ4v) is 10.2. The Hall–Kier alpha value is -5.46. The van der Waals surface area contributed by atoms with Crippen molar-refractivity contribution in [3.8, 4) is 39.5 Å². The average molecular weight is 1010 g/mol. The summed E-state index contributed by atoms with van der Waals surface area (Å²) in [5.74, 6) is 1.31. The molecule has 62 heavy (non-hydrogen) atoms. The van der Waals surface area contributed by atoms with Crippen molar-refractivity contribution in [2.24, 2.45) is 0 Å².